The number of hydrogen-bond acceptors (Lipinski definition) is 6. The summed E-state index contributed by atoms with van der Waals surface area (Å²) in [6.45, 7) is 3.95. The maximum atomic E-state index is 15.4. The summed E-state index contributed by atoms with van der Waals surface area (Å²) in [7, 11) is 0. The van der Waals surface area contributed by atoms with Gasteiger partial charge in [0, 0.05) is 21.5 Å². The zero-order chi connectivity index (χ0) is 35.8. The van der Waals surface area contributed by atoms with Crippen LogP contribution in [0.2, 0.25) is 10.0 Å². The molecule has 0 aromatic heterocycles. The van der Waals surface area contributed by atoms with Crippen LogP contribution in [0, 0.1) is 30.6 Å². The van der Waals surface area contributed by atoms with Gasteiger partial charge in [0.1, 0.15) is 0 Å². The predicted molar refractivity (Wildman–Crippen MR) is 194 cm³/mol. The highest BCUT2D eigenvalue weighted by Gasteiger charge is 2.70. The van der Waals surface area contributed by atoms with E-state index in [-0.39, 0.29) is 36.2 Å². The number of aryl methyl sites for hydroxylation is 1. The van der Waals surface area contributed by atoms with Crippen molar-refractivity contribution >= 4 is 58.2 Å². The molecule has 0 radical (unpaired) electrons. The second-order valence-electron chi connectivity index (χ2n) is 13.7. The van der Waals surface area contributed by atoms with E-state index in [1.165, 1.54) is 9.80 Å². The Morgan fingerprint density at radius 3 is 2.29 bits per heavy atom. The largest absolute Gasteiger partial charge is 0.504 e. The van der Waals surface area contributed by atoms with E-state index in [0.29, 0.717) is 39.2 Å². The van der Waals surface area contributed by atoms with Crippen LogP contribution in [0.15, 0.2) is 103 Å². The van der Waals surface area contributed by atoms with Gasteiger partial charge in [-0.15, -0.1) is 0 Å². The van der Waals surface area contributed by atoms with Crippen LogP contribution in [0.4, 0.5) is 11.4 Å². The third-order valence-electron chi connectivity index (χ3n) is 11.2. The lowest BCUT2D eigenvalue weighted by Crippen LogP contribution is -2.53. The summed E-state index contributed by atoms with van der Waals surface area (Å²) in [4.78, 5) is 61.4. The van der Waals surface area contributed by atoms with Crippen LogP contribution in [0.5, 0.6) is 11.5 Å². The molecule has 0 bridgehead atoms. The van der Waals surface area contributed by atoms with Crippen molar-refractivity contribution in [1.82, 2.24) is 0 Å². The predicted octanol–water partition coefficient (Wildman–Crippen LogP) is 7.77. The summed E-state index contributed by atoms with van der Waals surface area (Å²) < 4.78 is 5.82. The first-order valence-electron chi connectivity index (χ1n) is 17.1. The fourth-order valence-electron chi connectivity index (χ4n) is 9.11. The van der Waals surface area contributed by atoms with E-state index >= 15 is 4.79 Å². The van der Waals surface area contributed by atoms with Crippen molar-refractivity contribution in [3.8, 4) is 11.5 Å². The number of halogens is 2. The van der Waals surface area contributed by atoms with Crippen LogP contribution >= 0.6 is 23.2 Å². The molecule has 2 saturated heterocycles. The second kappa shape index (κ2) is 12.4. The summed E-state index contributed by atoms with van der Waals surface area (Å²) in [5.74, 6) is -5.41. The zero-order valence-electron chi connectivity index (χ0n) is 27.9. The topological polar surface area (TPSA) is 104 Å². The van der Waals surface area contributed by atoms with Crippen LogP contribution in [-0.2, 0) is 24.6 Å². The first kappa shape index (κ1) is 33.2. The van der Waals surface area contributed by atoms with Gasteiger partial charge < -0.3 is 9.84 Å². The molecule has 1 saturated carbocycles. The minimum atomic E-state index is -1.52. The summed E-state index contributed by atoms with van der Waals surface area (Å²) >= 11 is 12.9. The number of carbonyl (C=O) groups excluding carboxylic acids is 4. The van der Waals surface area contributed by atoms with Gasteiger partial charge in [0.2, 0.25) is 23.6 Å². The van der Waals surface area contributed by atoms with Crippen LogP contribution in [0.1, 0.15) is 42.4 Å². The molecule has 0 spiro atoms. The Morgan fingerprint density at radius 1 is 0.824 bits per heavy atom. The molecular formula is C41H34Cl2N2O6. The van der Waals surface area contributed by atoms with Crippen molar-refractivity contribution in [2.75, 3.05) is 16.4 Å². The maximum absolute atomic E-state index is 15.4. The number of carbonyl (C=O) groups is 4. The molecule has 2 aliphatic carbocycles. The molecule has 8 rings (SSSR count). The molecular weight excluding hydrogens is 687 g/mol. The highest BCUT2D eigenvalue weighted by Crippen LogP contribution is 2.65. The zero-order valence-corrected chi connectivity index (χ0v) is 29.4. The fourth-order valence-corrected chi connectivity index (χ4v) is 9.47. The summed E-state index contributed by atoms with van der Waals surface area (Å²) in [6.07, 6.45) is 2.34. The quantitative estimate of drug-likeness (QED) is 0.161. The average Bonchev–Trinajstić information content (AvgIpc) is 3.51. The van der Waals surface area contributed by atoms with Crippen LogP contribution in [0.25, 0.3) is 0 Å². The Hall–Kier alpha value is -4.92. The summed E-state index contributed by atoms with van der Waals surface area (Å²) in [6, 6.07) is 26.1. The van der Waals surface area contributed by atoms with E-state index in [9.17, 15) is 19.5 Å². The number of nitrogens with zero attached hydrogens (tertiary/aromatic N) is 2. The van der Waals surface area contributed by atoms with Gasteiger partial charge in [-0.2, -0.15) is 0 Å². The van der Waals surface area contributed by atoms with Gasteiger partial charge >= 0.3 is 0 Å². The molecule has 4 amide bonds. The van der Waals surface area contributed by atoms with Gasteiger partial charge in [-0.3, -0.25) is 19.2 Å². The van der Waals surface area contributed by atoms with Crippen molar-refractivity contribution in [3.05, 3.63) is 129 Å². The van der Waals surface area contributed by atoms with Crippen molar-refractivity contribution in [3.63, 3.8) is 0 Å². The Kier molecular flexibility index (Phi) is 8.07. The highest BCUT2D eigenvalue weighted by molar-refractivity contribution is 6.33. The Labute approximate surface area is 305 Å². The van der Waals surface area contributed by atoms with Crippen LogP contribution < -0.4 is 14.5 Å². The lowest BCUT2D eigenvalue weighted by atomic mass is 9.49. The lowest BCUT2D eigenvalue weighted by molar-refractivity contribution is -0.127. The highest BCUT2D eigenvalue weighted by atomic mass is 35.5. The number of rotatable bonds is 6. The normalized spacial score (nSPS) is 26.9. The second-order valence-corrected chi connectivity index (χ2v) is 14.5. The number of phenolic OH excluding ortho intramolecular Hbond substituents is 1. The molecule has 4 aliphatic rings. The number of imide groups is 2. The molecule has 4 aromatic carbocycles. The molecule has 3 fully saturated rings. The number of allylic oxidation sites excluding steroid dienone is 2. The smallest absolute Gasteiger partial charge is 0.246 e. The number of phenols is 1. The molecule has 2 aliphatic heterocycles. The van der Waals surface area contributed by atoms with Crippen LogP contribution in [0.3, 0.4) is 0 Å². The monoisotopic (exact) mass is 720 g/mol. The fraction of sp³-hybridized carbons (Fsp3) is 0.268. The minimum absolute atomic E-state index is 0.132. The number of hydrogen-bond donors (Lipinski definition) is 1. The Balaban J connectivity index is 1.36. The van der Waals surface area contributed by atoms with Gasteiger partial charge in [-0.1, -0.05) is 89.4 Å². The number of ether oxygens (including phenoxy) is 1. The Bertz CT molecular complexity index is 2170. The number of para-hydroxylation sites is 1. The lowest BCUT2D eigenvalue weighted by Gasteiger charge is -2.50. The van der Waals surface area contributed by atoms with E-state index in [0.717, 1.165) is 11.1 Å². The van der Waals surface area contributed by atoms with Crippen molar-refractivity contribution in [1.29, 1.82) is 0 Å². The molecule has 2 heterocycles. The summed E-state index contributed by atoms with van der Waals surface area (Å²) in [5.41, 5.74) is 1.76. The minimum Gasteiger partial charge on any atom is -0.504 e. The van der Waals surface area contributed by atoms with Gasteiger partial charge in [-0.05, 0) is 80.1 Å². The number of anilines is 2. The molecule has 10 heteroatoms. The van der Waals surface area contributed by atoms with Crippen molar-refractivity contribution < 1.29 is 29.0 Å². The molecule has 0 unspecified atom stereocenters. The van der Waals surface area contributed by atoms with E-state index in [1.807, 2.05) is 50.3 Å². The van der Waals surface area contributed by atoms with Crippen LogP contribution in [-0.4, -0.2) is 35.3 Å². The van der Waals surface area contributed by atoms with Gasteiger partial charge in [0.25, 0.3) is 0 Å². The van der Waals surface area contributed by atoms with E-state index in [4.69, 9.17) is 27.9 Å². The van der Waals surface area contributed by atoms with Gasteiger partial charge in [0.15, 0.2) is 11.5 Å². The Morgan fingerprint density at radius 2 is 1.57 bits per heavy atom. The van der Waals surface area contributed by atoms with Crippen molar-refractivity contribution in [2.45, 2.75) is 38.0 Å². The van der Waals surface area contributed by atoms with Gasteiger partial charge in [-0.25, -0.2) is 9.80 Å². The molecule has 4 aromatic rings. The third kappa shape index (κ3) is 4.80. The number of amides is 4. The number of benzene rings is 4. The summed E-state index contributed by atoms with van der Waals surface area (Å²) in [5, 5.41) is 12.7. The first-order chi connectivity index (χ1) is 24.6. The maximum Gasteiger partial charge on any atom is 0.246 e. The van der Waals surface area contributed by atoms with E-state index < -0.39 is 46.8 Å². The number of fused-ring (bicyclic) bond motifs is 4. The van der Waals surface area contributed by atoms with E-state index in [1.54, 1.807) is 60.7 Å². The molecule has 1 N–H and O–H groups in total. The van der Waals surface area contributed by atoms with Gasteiger partial charge in [0.05, 0.1) is 41.2 Å². The standard InChI is InChI=1S/C41H34Cl2N2O6/c1-3-51-33-14-8-13-29(36(33)46)35-27-17-18-28-34(39(49)44(37(28)47)26-16-15-22(2)32(43)20-26)30(27)21-31-38(48)45(25-12-7-11-24(42)19-25)40(50)41(31,35)23-9-5-4-6-10-23/h4-17,19-20,28,30-31,34-35,46H,3,18,21H2,1-2H3/t28-,30+,31-,34-,35+,41+/m0/s1. The molecule has 258 valence electrons. The molecule has 6 atom stereocenters. The van der Waals surface area contributed by atoms with Crippen molar-refractivity contribution in [2.24, 2.45) is 23.7 Å². The third-order valence-corrected chi connectivity index (χ3v) is 11.9. The first-order valence-corrected chi connectivity index (χ1v) is 17.8. The number of aromatic hydroxyl groups is 1. The SMILES string of the molecule is CCOc1cccc([C@H]2C3=CC[C@@H]4C(=O)N(c5ccc(C)c(Cl)c5)C(=O)[C@@H]4[C@@H]3C[C@H]3C(=O)N(c4cccc(Cl)c4)C(=O)[C@@]23c2ccccc2)c1O. The molecule has 51 heavy (non-hydrogen) atoms. The van der Waals surface area contributed by atoms with E-state index in [2.05, 4.69) is 0 Å². The average molecular weight is 722 g/mol. The molecule has 8 nitrogen and oxygen atoms in total.